The molecule has 1 heterocycles. The number of hydrogen-bond acceptors (Lipinski definition) is 3. The van der Waals surface area contributed by atoms with Crippen molar-refractivity contribution in [2.24, 2.45) is 0 Å². The molecular formula is C6H8N2O3S. The number of cyclic esters (lactones) is 1. The summed E-state index contributed by atoms with van der Waals surface area (Å²) in [6.45, 7) is 3.31. The first-order valence-electron chi connectivity index (χ1n) is 3.41. The molecule has 0 N–H and O–H groups in total. The van der Waals surface area contributed by atoms with Crippen LogP contribution in [0.2, 0.25) is 0 Å². The molecule has 0 bridgehead atoms. The molecule has 0 aromatic rings. The van der Waals surface area contributed by atoms with E-state index in [1.165, 1.54) is 0 Å². The van der Waals surface area contributed by atoms with Crippen LogP contribution < -0.4 is 0 Å². The predicted molar refractivity (Wildman–Crippen MR) is 41.8 cm³/mol. The van der Waals surface area contributed by atoms with E-state index < -0.39 is 27.9 Å². The quantitative estimate of drug-likeness (QED) is 0.297. The van der Waals surface area contributed by atoms with Crippen molar-refractivity contribution in [1.29, 1.82) is 0 Å². The maximum Gasteiger partial charge on any atom is 0.463 e. The first-order chi connectivity index (χ1) is 5.57. The molecule has 0 amide bonds. The normalized spacial score (nSPS) is 35.7. The van der Waals surface area contributed by atoms with Gasteiger partial charge in [-0.15, -0.1) is 4.79 Å². The molecule has 3 atom stereocenters. The third kappa shape index (κ3) is 1.31. The first-order valence-corrected chi connectivity index (χ1v) is 4.63. The van der Waals surface area contributed by atoms with Gasteiger partial charge in [0.2, 0.25) is 0 Å². The highest BCUT2D eigenvalue weighted by molar-refractivity contribution is 8.03. The van der Waals surface area contributed by atoms with Gasteiger partial charge in [-0.1, -0.05) is 0 Å². The Kier molecular flexibility index (Phi) is 2.40. The van der Waals surface area contributed by atoms with Crippen molar-refractivity contribution in [3.05, 3.63) is 5.53 Å². The number of esters is 1. The van der Waals surface area contributed by atoms with Crippen molar-refractivity contribution in [3.8, 4) is 0 Å². The Hall–Kier alpha value is -1.00. The molecule has 1 fully saturated rings. The van der Waals surface area contributed by atoms with Gasteiger partial charge in [0.1, 0.15) is 16.9 Å². The topological polar surface area (TPSA) is 79.8 Å². The minimum atomic E-state index is -1.56. The average Bonchev–Trinajstić information content (AvgIpc) is 2.01. The fourth-order valence-electron chi connectivity index (χ4n) is 0.828. The van der Waals surface area contributed by atoms with Crippen LogP contribution in [0, 0.1) is 0 Å². The second-order valence-electron chi connectivity index (χ2n) is 2.52. The highest BCUT2D eigenvalue weighted by Crippen LogP contribution is 2.13. The summed E-state index contributed by atoms with van der Waals surface area (Å²) in [6, 6.07) is 0. The van der Waals surface area contributed by atoms with Crippen LogP contribution in [0.15, 0.2) is 0 Å². The Morgan fingerprint density at radius 3 is 2.67 bits per heavy atom. The SMILES string of the molecule is C[C@@H]1OC(=O)C(=[N+]=[N-])[S@@](=O)[C@@H]1C. The summed E-state index contributed by atoms with van der Waals surface area (Å²) in [5.74, 6) is -0.804. The zero-order valence-electron chi connectivity index (χ0n) is 6.68. The predicted octanol–water partition coefficient (Wildman–Crippen LogP) is -0.303. The highest BCUT2D eigenvalue weighted by atomic mass is 32.2. The zero-order chi connectivity index (χ0) is 9.30. The van der Waals surface area contributed by atoms with Crippen molar-refractivity contribution in [1.82, 2.24) is 0 Å². The van der Waals surface area contributed by atoms with E-state index in [4.69, 9.17) is 10.3 Å². The van der Waals surface area contributed by atoms with Crippen molar-refractivity contribution in [2.45, 2.75) is 25.2 Å². The van der Waals surface area contributed by atoms with Gasteiger partial charge < -0.3 is 10.3 Å². The fraction of sp³-hybridized carbons (Fsp3) is 0.667. The van der Waals surface area contributed by atoms with Crippen LogP contribution in [0.3, 0.4) is 0 Å². The molecule has 12 heavy (non-hydrogen) atoms. The third-order valence-electron chi connectivity index (χ3n) is 1.75. The van der Waals surface area contributed by atoms with E-state index in [1.807, 2.05) is 0 Å². The first kappa shape index (κ1) is 9.09. The number of ether oxygens (including phenoxy) is 1. The molecule has 0 aromatic heterocycles. The summed E-state index contributed by atoms with van der Waals surface area (Å²) < 4.78 is 16.0. The standard InChI is InChI=1S/C6H8N2O3S/c1-3-4(2)12(10)5(8-7)6(9)11-3/h3-4H,1-2H3/t3-,4+,12-/m0/s1. The van der Waals surface area contributed by atoms with Gasteiger partial charge in [0, 0.05) is 0 Å². The van der Waals surface area contributed by atoms with E-state index >= 15 is 0 Å². The van der Waals surface area contributed by atoms with E-state index in [2.05, 4.69) is 4.79 Å². The van der Waals surface area contributed by atoms with Gasteiger partial charge in [-0.05, 0) is 13.8 Å². The summed E-state index contributed by atoms with van der Waals surface area (Å²) in [5.41, 5.74) is 8.33. The molecule has 0 spiro atoms. The molecule has 6 heteroatoms. The van der Waals surface area contributed by atoms with Crippen LogP contribution >= 0.6 is 0 Å². The Morgan fingerprint density at radius 1 is 1.58 bits per heavy atom. The Labute approximate surface area is 71.8 Å². The van der Waals surface area contributed by atoms with Crippen LogP contribution in [0.1, 0.15) is 13.8 Å². The van der Waals surface area contributed by atoms with Gasteiger partial charge in [-0.3, -0.25) is 0 Å². The molecular weight excluding hydrogens is 180 g/mol. The molecule has 0 aliphatic carbocycles. The van der Waals surface area contributed by atoms with Gasteiger partial charge in [0.15, 0.2) is 0 Å². The monoisotopic (exact) mass is 188 g/mol. The fourth-order valence-corrected chi connectivity index (χ4v) is 1.88. The number of carbonyl (C=O) groups excluding carboxylic acids is 1. The lowest BCUT2D eigenvalue weighted by molar-refractivity contribution is -0.144. The lowest BCUT2D eigenvalue weighted by atomic mass is 10.3. The molecule has 0 saturated carbocycles. The molecule has 66 valence electrons. The highest BCUT2D eigenvalue weighted by Gasteiger charge is 2.42. The van der Waals surface area contributed by atoms with Gasteiger partial charge in [-0.25, -0.2) is 9.00 Å². The van der Waals surface area contributed by atoms with E-state index in [-0.39, 0.29) is 5.25 Å². The molecule has 1 aliphatic heterocycles. The van der Waals surface area contributed by atoms with E-state index in [0.29, 0.717) is 0 Å². The van der Waals surface area contributed by atoms with Crippen molar-refractivity contribution >= 4 is 21.8 Å². The smallest absolute Gasteiger partial charge is 0.452 e. The second-order valence-corrected chi connectivity index (χ2v) is 4.24. The summed E-state index contributed by atoms with van der Waals surface area (Å²) in [5, 5.41) is -0.728. The maximum absolute atomic E-state index is 11.3. The minimum absolute atomic E-state index is 0.325. The lowest BCUT2D eigenvalue weighted by Gasteiger charge is -2.21. The number of carbonyl (C=O) groups is 1. The largest absolute Gasteiger partial charge is 0.463 e. The van der Waals surface area contributed by atoms with Crippen LogP contribution in [0.25, 0.3) is 5.53 Å². The van der Waals surface area contributed by atoms with E-state index in [0.717, 1.165) is 0 Å². The molecule has 0 unspecified atom stereocenters. The number of hydrogen-bond donors (Lipinski definition) is 0. The zero-order valence-corrected chi connectivity index (χ0v) is 7.50. The van der Waals surface area contributed by atoms with Crippen LogP contribution in [-0.4, -0.2) is 31.4 Å². The van der Waals surface area contributed by atoms with Crippen molar-refractivity contribution in [2.75, 3.05) is 0 Å². The maximum atomic E-state index is 11.3. The molecule has 1 saturated heterocycles. The minimum Gasteiger partial charge on any atom is -0.452 e. The van der Waals surface area contributed by atoms with Crippen molar-refractivity contribution in [3.63, 3.8) is 0 Å². The van der Waals surface area contributed by atoms with Crippen molar-refractivity contribution < 1.29 is 18.5 Å². The van der Waals surface area contributed by atoms with Crippen LogP contribution in [0.4, 0.5) is 0 Å². The molecule has 0 aromatic carbocycles. The van der Waals surface area contributed by atoms with E-state index in [9.17, 15) is 9.00 Å². The summed E-state index contributed by atoms with van der Waals surface area (Å²) in [6.07, 6.45) is -0.399. The molecule has 0 radical (unpaired) electrons. The van der Waals surface area contributed by atoms with Gasteiger partial charge >= 0.3 is 11.0 Å². The molecule has 1 aliphatic rings. The van der Waals surface area contributed by atoms with Gasteiger partial charge in [0.05, 0.1) is 5.25 Å². The molecule has 5 nitrogen and oxygen atoms in total. The van der Waals surface area contributed by atoms with Crippen LogP contribution in [-0.2, 0) is 20.3 Å². The Balaban J connectivity index is 3.03. The Bertz CT molecular complexity index is 295. The molecule has 1 rings (SSSR count). The van der Waals surface area contributed by atoms with Crippen LogP contribution in [0.5, 0.6) is 0 Å². The number of nitrogens with zero attached hydrogens (tertiary/aromatic N) is 2. The lowest BCUT2D eigenvalue weighted by Crippen LogP contribution is -2.43. The third-order valence-corrected chi connectivity index (χ3v) is 3.44. The van der Waals surface area contributed by atoms with Gasteiger partial charge in [-0.2, -0.15) is 0 Å². The summed E-state index contributed by atoms with van der Waals surface area (Å²) in [4.78, 5) is 13.5. The summed E-state index contributed by atoms with van der Waals surface area (Å²) >= 11 is 0. The Morgan fingerprint density at radius 2 is 2.17 bits per heavy atom. The average molecular weight is 188 g/mol. The van der Waals surface area contributed by atoms with E-state index in [1.54, 1.807) is 13.8 Å². The summed E-state index contributed by atoms with van der Waals surface area (Å²) in [7, 11) is -1.56. The number of rotatable bonds is 0. The second kappa shape index (κ2) is 3.16. The van der Waals surface area contributed by atoms with Gasteiger partial charge in [0.25, 0.3) is 0 Å².